The lowest BCUT2D eigenvalue weighted by Crippen LogP contribution is -2.25. The Labute approximate surface area is 122 Å². The van der Waals surface area contributed by atoms with Crippen LogP contribution in [0.1, 0.15) is 21.8 Å². The van der Waals surface area contributed by atoms with Gasteiger partial charge in [0.2, 0.25) is 10.0 Å². The Kier molecular flexibility index (Phi) is 4.49. The second-order valence-electron chi connectivity index (χ2n) is 4.23. The monoisotopic (exact) mass is 307 g/mol. The largest absolute Gasteiger partial charge is 0.245 e. The summed E-state index contributed by atoms with van der Waals surface area (Å²) < 4.78 is 26.5. The minimum absolute atomic E-state index is 0.176. The van der Waals surface area contributed by atoms with E-state index in [1.54, 1.807) is 24.3 Å². The Bertz CT molecular complexity index is 745. The number of thiazole rings is 1. The lowest BCUT2D eigenvalue weighted by molar-refractivity contribution is 0.580. The second-order valence-corrected chi connectivity index (χ2v) is 6.98. The van der Waals surface area contributed by atoms with E-state index in [1.807, 2.05) is 18.4 Å². The molecule has 0 saturated heterocycles. The van der Waals surface area contributed by atoms with Crippen LogP contribution in [0.2, 0.25) is 0 Å². The molecule has 104 valence electrons. The Morgan fingerprint density at radius 2 is 2.15 bits per heavy atom. The van der Waals surface area contributed by atoms with Crippen molar-refractivity contribution in [3.8, 4) is 6.07 Å². The molecular formula is C13H13N3O2S2. The molecule has 1 N–H and O–H groups in total. The number of rotatable bonds is 5. The third-order valence-electron chi connectivity index (χ3n) is 2.59. The highest BCUT2D eigenvalue weighted by Gasteiger charge is 2.14. The topological polar surface area (TPSA) is 82.9 Å². The summed E-state index contributed by atoms with van der Waals surface area (Å²) in [5, 5.41) is 11.5. The zero-order valence-electron chi connectivity index (χ0n) is 10.8. The number of nitriles is 1. The van der Waals surface area contributed by atoms with Crippen molar-refractivity contribution in [2.45, 2.75) is 19.2 Å². The van der Waals surface area contributed by atoms with Crippen molar-refractivity contribution in [1.82, 2.24) is 9.71 Å². The molecule has 0 unspecified atom stereocenters. The van der Waals surface area contributed by atoms with Crippen LogP contribution in [-0.2, 0) is 22.3 Å². The number of hydrogen-bond donors (Lipinski definition) is 1. The van der Waals surface area contributed by atoms with Gasteiger partial charge >= 0.3 is 0 Å². The van der Waals surface area contributed by atoms with E-state index in [2.05, 4.69) is 9.71 Å². The SMILES string of the molecule is Cc1csc(CNS(=O)(=O)Cc2ccccc2C#N)n1. The number of aromatic nitrogens is 1. The first-order valence-corrected chi connectivity index (χ1v) is 8.40. The molecule has 0 saturated carbocycles. The molecule has 5 nitrogen and oxygen atoms in total. The molecule has 0 aliphatic rings. The van der Waals surface area contributed by atoms with Crippen LogP contribution in [0, 0.1) is 18.3 Å². The Morgan fingerprint density at radius 3 is 2.80 bits per heavy atom. The average molecular weight is 307 g/mol. The van der Waals surface area contributed by atoms with Crippen LogP contribution >= 0.6 is 11.3 Å². The maximum absolute atomic E-state index is 12.0. The van der Waals surface area contributed by atoms with Gasteiger partial charge in [0.15, 0.2) is 0 Å². The van der Waals surface area contributed by atoms with Gasteiger partial charge in [-0.3, -0.25) is 0 Å². The van der Waals surface area contributed by atoms with E-state index in [0.717, 1.165) is 10.7 Å². The molecule has 0 spiro atoms. The quantitative estimate of drug-likeness (QED) is 0.915. The van der Waals surface area contributed by atoms with Gasteiger partial charge in [0, 0.05) is 11.1 Å². The molecule has 0 atom stereocenters. The molecule has 0 amide bonds. The number of aryl methyl sites for hydroxylation is 1. The normalized spacial score (nSPS) is 11.2. The smallest absolute Gasteiger partial charge is 0.216 e. The van der Waals surface area contributed by atoms with Gasteiger partial charge in [-0.15, -0.1) is 11.3 Å². The maximum atomic E-state index is 12.0. The van der Waals surface area contributed by atoms with Crippen molar-refractivity contribution in [2.75, 3.05) is 0 Å². The Morgan fingerprint density at radius 1 is 1.40 bits per heavy atom. The van der Waals surface area contributed by atoms with E-state index in [1.165, 1.54) is 11.3 Å². The van der Waals surface area contributed by atoms with Gasteiger partial charge in [0.05, 0.1) is 23.9 Å². The fourth-order valence-electron chi connectivity index (χ4n) is 1.67. The Balaban J connectivity index is 2.06. The van der Waals surface area contributed by atoms with Gasteiger partial charge in [-0.2, -0.15) is 5.26 Å². The molecule has 1 aromatic carbocycles. The van der Waals surface area contributed by atoms with Gasteiger partial charge < -0.3 is 0 Å². The van der Waals surface area contributed by atoms with Gasteiger partial charge in [0.25, 0.3) is 0 Å². The number of hydrogen-bond acceptors (Lipinski definition) is 5. The summed E-state index contributed by atoms with van der Waals surface area (Å²) >= 11 is 1.41. The minimum Gasteiger partial charge on any atom is -0.245 e. The highest BCUT2D eigenvalue weighted by molar-refractivity contribution is 7.88. The number of benzene rings is 1. The first-order valence-electron chi connectivity index (χ1n) is 5.86. The summed E-state index contributed by atoms with van der Waals surface area (Å²) in [4.78, 5) is 4.19. The van der Waals surface area contributed by atoms with Crippen LogP contribution in [0.4, 0.5) is 0 Å². The lowest BCUT2D eigenvalue weighted by Gasteiger charge is -2.06. The highest BCUT2D eigenvalue weighted by atomic mass is 32.2. The second kappa shape index (κ2) is 6.13. The minimum atomic E-state index is -3.49. The standard InChI is InChI=1S/C13H13N3O2S2/c1-10-8-19-13(16-10)7-15-20(17,18)9-12-5-3-2-4-11(12)6-14/h2-5,8,15H,7,9H2,1H3. The molecule has 2 aromatic rings. The summed E-state index contributed by atoms with van der Waals surface area (Å²) in [6.45, 7) is 2.03. The molecule has 20 heavy (non-hydrogen) atoms. The van der Waals surface area contributed by atoms with Gasteiger partial charge in [-0.25, -0.2) is 18.1 Å². The summed E-state index contributed by atoms with van der Waals surface area (Å²) in [5.74, 6) is -0.207. The average Bonchev–Trinajstić information content (AvgIpc) is 2.83. The molecule has 0 aliphatic carbocycles. The van der Waals surface area contributed by atoms with Crippen LogP contribution in [0.25, 0.3) is 0 Å². The van der Waals surface area contributed by atoms with E-state index < -0.39 is 10.0 Å². The van der Waals surface area contributed by atoms with Crippen LogP contribution in [-0.4, -0.2) is 13.4 Å². The molecule has 0 fully saturated rings. The summed E-state index contributed by atoms with van der Waals surface area (Å²) in [7, 11) is -3.49. The first-order chi connectivity index (χ1) is 9.50. The van der Waals surface area contributed by atoms with Crippen LogP contribution < -0.4 is 4.72 Å². The molecular weight excluding hydrogens is 294 g/mol. The van der Waals surface area contributed by atoms with Gasteiger partial charge in [0.1, 0.15) is 5.01 Å². The Hall–Kier alpha value is -1.75. The fraction of sp³-hybridized carbons (Fsp3) is 0.231. The molecule has 7 heteroatoms. The van der Waals surface area contributed by atoms with E-state index in [-0.39, 0.29) is 12.3 Å². The molecule has 0 bridgehead atoms. The fourth-order valence-corrected chi connectivity index (χ4v) is 3.59. The lowest BCUT2D eigenvalue weighted by atomic mass is 10.1. The zero-order chi connectivity index (χ0) is 14.6. The number of sulfonamides is 1. The van der Waals surface area contributed by atoms with Crippen molar-refractivity contribution in [3.05, 3.63) is 51.5 Å². The predicted molar refractivity (Wildman–Crippen MR) is 77.5 cm³/mol. The number of nitrogens with zero attached hydrogens (tertiary/aromatic N) is 2. The molecule has 0 radical (unpaired) electrons. The first kappa shape index (κ1) is 14.7. The van der Waals surface area contributed by atoms with Crippen LogP contribution in [0.15, 0.2) is 29.6 Å². The van der Waals surface area contributed by atoms with Crippen LogP contribution in [0.3, 0.4) is 0 Å². The predicted octanol–water partition coefficient (Wildman–Crippen LogP) is 1.94. The van der Waals surface area contributed by atoms with E-state index >= 15 is 0 Å². The third kappa shape index (κ3) is 3.87. The van der Waals surface area contributed by atoms with Crippen molar-refractivity contribution >= 4 is 21.4 Å². The van der Waals surface area contributed by atoms with Crippen molar-refractivity contribution in [1.29, 1.82) is 5.26 Å². The number of nitrogens with one attached hydrogen (secondary N) is 1. The molecule has 1 aromatic heterocycles. The maximum Gasteiger partial charge on any atom is 0.216 e. The van der Waals surface area contributed by atoms with E-state index in [9.17, 15) is 8.42 Å². The molecule has 2 rings (SSSR count). The van der Waals surface area contributed by atoms with Crippen LogP contribution in [0.5, 0.6) is 0 Å². The van der Waals surface area contributed by atoms with Gasteiger partial charge in [-0.1, -0.05) is 18.2 Å². The van der Waals surface area contributed by atoms with Crippen molar-refractivity contribution in [2.24, 2.45) is 0 Å². The van der Waals surface area contributed by atoms with Crippen molar-refractivity contribution < 1.29 is 8.42 Å². The van der Waals surface area contributed by atoms with Crippen molar-refractivity contribution in [3.63, 3.8) is 0 Å². The van der Waals surface area contributed by atoms with E-state index in [4.69, 9.17) is 5.26 Å². The van der Waals surface area contributed by atoms with Gasteiger partial charge in [-0.05, 0) is 18.6 Å². The molecule has 1 heterocycles. The third-order valence-corrected chi connectivity index (χ3v) is 4.84. The summed E-state index contributed by atoms with van der Waals surface area (Å²) in [5.41, 5.74) is 1.75. The summed E-state index contributed by atoms with van der Waals surface area (Å²) in [6, 6.07) is 8.67. The molecule has 0 aliphatic heterocycles. The van der Waals surface area contributed by atoms with E-state index in [0.29, 0.717) is 11.1 Å². The summed E-state index contributed by atoms with van der Waals surface area (Å²) in [6.07, 6.45) is 0. The zero-order valence-corrected chi connectivity index (χ0v) is 12.5. The highest BCUT2D eigenvalue weighted by Crippen LogP contribution is 2.12.